The molecular weight excluding hydrogens is 339 g/mol. The molecule has 1 aromatic rings. The van der Waals surface area contributed by atoms with Crippen LogP contribution >= 0.6 is 0 Å². The number of benzene rings is 1. The third kappa shape index (κ3) is 3.16. The van der Waals surface area contributed by atoms with Crippen LogP contribution in [0, 0.1) is 10.1 Å². The maximum atomic E-state index is 12.5. The summed E-state index contributed by atoms with van der Waals surface area (Å²) in [6.07, 6.45) is 1.41. The first-order valence-electron chi connectivity index (χ1n) is 6.35. The number of fused-ring (bicyclic) bond motifs is 1. The van der Waals surface area contributed by atoms with Gasteiger partial charge < -0.3 is 4.18 Å². The summed E-state index contributed by atoms with van der Waals surface area (Å²) in [7, 11) is -5.85. The maximum Gasteiger partial charge on any atom is 0.534 e. The Morgan fingerprint density at radius 3 is 2.43 bits per heavy atom. The summed E-state index contributed by atoms with van der Waals surface area (Å²) in [5, 5.41) is 10.8. The molecule has 2 rings (SSSR count). The van der Waals surface area contributed by atoms with Gasteiger partial charge in [0.25, 0.3) is 5.69 Å². The van der Waals surface area contributed by atoms with Gasteiger partial charge in [0, 0.05) is 17.7 Å². The van der Waals surface area contributed by atoms with Crippen LogP contribution in [0.3, 0.4) is 0 Å². The number of rotatable bonds is 3. The Morgan fingerprint density at radius 2 is 1.91 bits per heavy atom. The quantitative estimate of drug-likeness (QED) is 0.360. The lowest BCUT2D eigenvalue weighted by Gasteiger charge is -2.31. The number of halogens is 3. The first-order valence-corrected chi connectivity index (χ1v) is 7.76. The second-order valence-corrected chi connectivity index (χ2v) is 7.16. The van der Waals surface area contributed by atoms with Gasteiger partial charge in [-0.05, 0) is 23.5 Å². The maximum absolute atomic E-state index is 12.5. The van der Waals surface area contributed by atoms with Crippen molar-refractivity contribution in [3.63, 3.8) is 0 Å². The Hall–Kier alpha value is -2.10. The average molecular weight is 351 g/mol. The minimum Gasteiger partial charge on any atom is -0.376 e. The molecule has 10 heteroatoms. The number of alkyl halides is 3. The van der Waals surface area contributed by atoms with Crippen LogP contribution < -0.4 is 0 Å². The van der Waals surface area contributed by atoms with Crippen LogP contribution in [0.25, 0.3) is 5.76 Å². The molecular formula is C13H12F3NO5S. The van der Waals surface area contributed by atoms with Crippen molar-refractivity contribution < 1.29 is 30.7 Å². The van der Waals surface area contributed by atoms with Crippen LogP contribution in [0.15, 0.2) is 24.3 Å². The van der Waals surface area contributed by atoms with E-state index in [4.69, 9.17) is 0 Å². The number of hydrogen-bond acceptors (Lipinski definition) is 5. The summed E-state index contributed by atoms with van der Waals surface area (Å²) in [6.45, 7) is 3.56. The molecule has 0 bridgehead atoms. The molecule has 6 nitrogen and oxygen atoms in total. The fourth-order valence-corrected chi connectivity index (χ4v) is 2.74. The van der Waals surface area contributed by atoms with E-state index < -0.39 is 31.7 Å². The van der Waals surface area contributed by atoms with Crippen molar-refractivity contribution in [2.45, 2.75) is 31.2 Å². The van der Waals surface area contributed by atoms with Crippen molar-refractivity contribution in [3.8, 4) is 0 Å². The van der Waals surface area contributed by atoms with E-state index in [-0.39, 0.29) is 17.7 Å². The lowest BCUT2D eigenvalue weighted by atomic mass is 9.75. The standard InChI is InChI=1S/C13H12F3NO5S/c1-12(2)6-5-11(22-23(20,21)13(14,15)16)9-7-8(17(18)19)3-4-10(9)12/h3-5,7H,6H2,1-2H3. The highest BCUT2D eigenvalue weighted by molar-refractivity contribution is 7.87. The molecule has 0 fully saturated rings. The van der Waals surface area contributed by atoms with E-state index in [9.17, 15) is 31.7 Å². The van der Waals surface area contributed by atoms with E-state index in [0.717, 1.165) is 6.07 Å². The first-order chi connectivity index (χ1) is 10.3. The molecule has 0 saturated heterocycles. The zero-order valence-electron chi connectivity index (χ0n) is 12.0. The van der Waals surface area contributed by atoms with Gasteiger partial charge in [0.1, 0.15) is 5.76 Å². The molecule has 126 valence electrons. The normalized spacial score (nSPS) is 17.2. The fourth-order valence-electron chi connectivity index (χ4n) is 2.25. The molecule has 0 N–H and O–H groups in total. The second kappa shape index (κ2) is 5.22. The highest BCUT2D eigenvalue weighted by atomic mass is 32.2. The number of non-ortho nitro benzene ring substituents is 1. The van der Waals surface area contributed by atoms with Crippen molar-refractivity contribution >= 4 is 21.6 Å². The van der Waals surface area contributed by atoms with Gasteiger partial charge in [-0.1, -0.05) is 19.9 Å². The topological polar surface area (TPSA) is 86.5 Å². The van der Waals surface area contributed by atoms with Crippen LogP contribution in [0.2, 0.25) is 0 Å². The van der Waals surface area contributed by atoms with E-state index in [2.05, 4.69) is 4.18 Å². The van der Waals surface area contributed by atoms with Gasteiger partial charge >= 0.3 is 15.6 Å². The summed E-state index contributed by atoms with van der Waals surface area (Å²) in [5.74, 6) is -0.555. The third-order valence-electron chi connectivity index (χ3n) is 3.49. The van der Waals surface area contributed by atoms with Crippen molar-refractivity contribution in [1.82, 2.24) is 0 Å². The third-order valence-corrected chi connectivity index (χ3v) is 4.46. The van der Waals surface area contributed by atoms with Crippen molar-refractivity contribution in [2.75, 3.05) is 0 Å². The molecule has 0 aliphatic heterocycles. The lowest BCUT2D eigenvalue weighted by Crippen LogP contribution is -2.27. The van der Waals surface area contributed by atoms with Crippen LogP contribution in [-0.4, -0.2) is 18.8 Å². The van der Waals surface area contributed by atoms with Crippen molar-refractivity contribution in [1.29, 1.82) is 0 Å². The number of nitro groups is 1. The summed E-state index contributed by atoms with van der Waals surface area (Å²) in [4.78, 5) is 10.1. The van der Waals surface area contributed by atoms with Crippen molar-refractivity contribution in [3.05, 3.63) is 45.5 Å². The molecule has 1 aliphatic rings. The van der Waals surface area contributed by atoms with Gasteiger partial charge in [-0.3, -0.25) is 10.1 Å². The molecule has 0 heterocycles. The van der Waals surface area contributed by atoms with Crippen LogP contribution in [0.5, 0.6) is 0 Å². The summed E-state index contributed by atoms with van der Waals surface area (Å²) in [6, 6.07) is 3.61. The van der Waals surface area contributed by atoms with Gasteiger partial charge in [0.05, 0.1) is 4.92 Å². The predicted octanol–water partition coefficient (Wildman–Crippen LogP) is 3.48. The molecule has 0 saturated carbocycles. The fraction of sp³-hybridized carbons (Fsp3) is 0.385. The minimum absolute atomic E-state index is 0.0386. The summed E-state index contributed by atoms with van der Waals surface area (Å²) in [5.41, 5.74) is -6.05. The van der Waals surface area contributed by atoms with Gasteiger partial charge in [-0.15, -0.1) is 0 Å². The predicted molar refractivity (Wildman–Crippen MR) is 74.8 cm³/mol. The number of nitrogens with zero attached hydrogens (tertiary/aromatic N) is 1. The largest absolute Gasteiger partial charge is 0.534 e. The number of nitro benzene ring substituents is 1. The zero-order chi connectivity index (χ0) is 17.6. The molecule has 0 unspecified atom stereocenters. The van der Waals surface area contributed by atoms with E-state index in [1.807, 2.05) is 0 Å². The minimum atomic E-state index is -5.85. The van der Waals surface area contributed by atoms with Crippen molar-refractivity contribution in [2.24, 2.45) is 0 Å². The van der Waals surface area contributed by atoms with Gasteiger partial charge in [-0.2, -0.15) is 21.6 Å². The molecule has 0 amide bonds. The molecule has 1 aliphatic carbocycles. The molecule has 0 atom stereocenters. The monoisotopic (exact) mass is 351 g/mol. The molecule has 1 aromatic carbocycles. The molecule has 0 aromatic heterocycles. The Morgan fingerprint density at radius 1 is 1.30 bits per heavy atom. The van der Waals surface area contributed by atoms with E-state index in [0.29, 0.717) is 5.56 Å². The highest BCUT2D eigenvalue weighted by Crippen LogP contribution is 2.42. The highest BCUT2D eigenvalue weighted by Gasteiger charge is 2.49. The van der Waals surface area contributed by atoms with E-state index in [1.165, 1.54) is 18.2 Å². The SMILES string of the molecule is CC1(C)CC=C(OS(=O)(=O)C(F)(F)F)c2cc([N+](=O)[O-])ccc21. The number of allylic oxidation sites excluding steroid dienone is 1. The summed E-state index contributed by atoms with van der Waals surface area (Å²) >= 11 is 0. The average Bonchev–Trinajstić information content (AvgIpc) is 2.40. The Balaban J connectivity index is 2.56. The van der Waals surface area contributed by atoms with Crippen LogP contribution in [-0.2, 0) is 19.7 Å². The summed E-state index contributed by atoms with van der Waals surface area (Å²) < 4.78 is 64.0. The van der Waals surface area contributed by atoms with Gasteiger partial charge in [0.2, 0.25) is 0 Å². The van der Waals surface area contributed by atoms with Gasteiger partial charge in [-0.25, -0.2) is 0 Å². The number of hydrogen-bond donors (Lipinski definition) is 0. The molecule has 23 heavy (non-hydrogen) atoms. The zero-order valence-corrected chi connectivity index (χ0v) is 12.9. The molecule has 0 radical (unpaired) electrons. The second-order valence-electron chi connectivity index (χ2n) is 5.63. The first kappa shape index (κ1) is 17.3. The molecule has 0 spiro atoms. The van der Waals surface area contributed by atoms with E-state index >= 15 is 0 Å². The van der Waals surface area contributed by atoms with Crippen LogP contribution in [0.1, 0.15) is 31.4 Å². The van der Waals surface area contributed by atoms with E-state index in [1.54, 1.807) is 13.8 Å². The lowest BCUT2D eigenvalue weighted by molar-refractivity contribution is -0.384. The van der Waals surface area contributed by atoms with Gasteiger partial charge in [0.15, 0.2) is 0 Å². The Labute approximate surface area is 129 Å². The smallest absolute Gasteiger partial charge is 0.376 e. The Kier molecular flexibility index (Phi) is 3.92. The Bertz CT molecular complexity index is 796. The van der Waals surface area contributed by atoms with Crippen LogP contribution in [0.4, 0.5) is 18.9 Å².